The Hall–Kier alpha value is -3.22. The topological polar surface area (TPSA) is 76.4 Å². The van der Waals surface area contributed by atoms with Crippen LogP contribution in [0.1, 0.15) is 23.6 Å². The smallest absolute Gasteiger partial charge is 0.443 e. The number of carbonyl (C=O) groups excluding carboxylic acids is 1. The van der Waals surface area contributed by atoms with E-state index in [1.165, 1.54) is 23.9 Å². The molecule has 0 saturated carbocycles. The minimum Gasteiger partial charge on any atom is -0.497 e. The van der Waals surface area contributed by atoms with E-state index in [9.17, 15) is 22.4 Å². The Morgan fingerprint density at radius 1 is 1.23 bits per heavy atom. The molecule has 1 aromatic carbocycles. The third kappa shape index (κ3) is 5.09. The molecule has 1 amide bonds. The minimum atomic E-state index is -4.67. The lowest BCUT2D eigenvalue weighted by molar-refractivity contribution is -0.137. The maximum absolute atomic E-state index is 14.8. The number of methoxy groups -OCH3 is 1. The predicted molar refractivity (Wildman–Crippen MR) is 122 cm³/mol. The lowest BCUT2D eigenvalue weighted by Gasteiger charge is -2.40. The SMILES string of the molecule is COc1ccc(-c2nc(C(F)(F)F)sc2N2CCN(C(=O)Cn3nc(C)nc3C)C(C)C2)c(F)c1. The van der Waals surface area contributed by atoms with Crippen molar-refractivity contribution in [2.45, 2.75) is 39.5 Å². The Kier molecular flexibility index (Phi) is 6.71. The van der Waals surface area contributed by atoms with E-state index in [0.29, 0.717) is 23.0 Å². The first-order valence-electron chi connectivity index (χ1n) is 10.8. The lowest BCUT2D eigenvalue weighted by Crippen LogP contribution is -2.54. The van der Waals surface area contributed by atoms with Gasteiger partial charge in [0.15, 0.2) is 0 Å². The number of carbonyl (C=O) groups is 1. The minimum absolute atomic E-state index is 0.0259. The number of aryl methyl sites for hydroxylation is 2. The van der Waals surface area contributed by atoms with Crippen LogP contribution in [0.4, 0.5) is 22.6 Å². The summed E-state index contributed by atoms with van der Waals surface area (Å²) in [4.78, 5) is 24.3. The van der Waals surface area contributed by atoms with Crippen molar-refractivity contribution in [1.82, 2.24) is 24.6 Å². The molecule has 3 heterocycles. The molecule has 1 unspecified atom stereocenters. The molecular formula is C22H24F4N6O2S. The van der Waals surface area contributed by atoms with Crippen molar-refractivity contribution < 1.29 is 27.1 Å². The lowest BCUT2D eigenvalue weighted by atomic mass is 10.1. The molecule has 8 nitrogen and oxygen atoms in total. The largest absolute Gasteiger partial charge is 0.497 e. The number of ether oxygens (including phenoxy) is 1. The van der Waals surface area contributed by atoms with Gasteiger partial charge in [-0.15, -0.1) is 0 Å². The van der Waals surface area contributed by atoms with E-state index in [0.717, 1.165) is 6.07 Å². The van der Waals surface area contributed by atoms with Crippen LogP contribution in [0.15, 0.2) is 18.2 Å². The average molecular weight is 513 g/mol. The number of alkyl halides is 3. The maximum Gasteiger partial charge on any atom is 0.443 e. The van der Waals surface area contributed by atoms with Crippen LogP contribution in [0.5, 0.6) is 5.75 Å². The van der Waals surface area contributed by atoms with Gasteiger partial charge in [0.1, 0.15) is 40.5 Å². The van der Waals surface area contributed by atoms with Crippen LogP contribution in [0.3, 0.4) is 0 Å². The summed E-state index contributed by atoms with van der Waals surface area (Å²) in [7, 11) is 1.37. The monoisotopic (exact) mass is 512 g/mol. The van der Waals surface area contributed by atoms with Crippen molar-refractivity contribution >= 4 is 22.2 Å². The number of benzene rings is 1. The van der Waals surface area contributed by atoms with Gasteiger partial charge in [0, 0.05) is 37.3 Å². The van der Waals surface area contributed by atoms with Crippen molar-refractivity contribution in [2.24, 2.45) is 0 Å². The summed E-state index contributed by atoms with van der Waals surface area (Å²) in [6, 6.07) is 3.64. The van der Waals surface area contributed by atoms with Gasteiger partial charge in [-0.1, -0.05) is 11.3 Å². The molecule has 188 valence electrons. The molecular weight excluding hydrogens is 488 g/mol. The molecule has 0 aliphatic carbocycles. The van der Waals surface area contributed by atoms with Gasteiger partial charge in [-0.2, -0.15) is 18.3 Å². The Morgan fingerprint density at radius 3 is 2.54 bits per heavy atom. The van der Waals surface area contributed by atoms with Crippen LogP contribution in [0, 0.1) is 19.7 Å². The third-order valence-electron chi connectivity index (χ3n) is 5.77. The third-order valence-corrected chi connectivity index (χ3v) is 6.93. The highest BCUT2D eigenvalue weighted by molar-refractivity contribution is 7.16. The molecule has 1 aliphatic heterocycles. The van der Waals surface area contributed by atoms with Crippen LogP contribution in [-0.2, 0) is 17.5 Å². The van der Waals surface area contributed by atoms with Gasteiger partial charge in [0.2, 0.25) is 10.9 Å². The van der Waals surface area contributed by atoms with Crippen LogP contribution >= 0.6 is 11.3 Å². The Labute approximate surface area is 203 Å². The molecule has 13 heteroatoms. The van der Waals surface area contributed by atoms with E-state index in [1.807, 2.05) is 6.92 Å². The fourth-order valence-electron chi connectivity index (χ4n) is 4.08. The van der Waals surface area contributed by atoms with Gasteiger partial charge < -0.3 is 14.5 Å². The van der Waals surface area contributed by atoms with Crippen molar-refractivity contribution in [3.05, 3.63) is 40.7 Å². The Bertz CT molecular complexity index is 1240. The molecule has 2 aromatic heterocycles. The Morgan fingerprint density at radius 2 is 1.97 bits per heavy atom. The van der Waals surface area contributed by atoms with E-state index >= 15 is 0 Å². The number of thiazole rings is 1. The highest BCUT2D eigenvalue weighted by Gasteiger charge is 2.39. The quantitative estimate of drug-likeness (QED) is 0.483. The number of halogens is 4. The van der Waals surface area contributed by atoms with E-state index in [-0.39, 0.29) is 60.1 Å². The van der Waals surface area contributed by atoms with Gasteiger partial charge in [0.25, 0.3) is 0 Å². The molecule has 35 heavy (non-hydrogen) atoms. The second-order valence-electron chi connectivity index (χ2n) is 8.26. The zero-order valence-electron chi connectivity index (χ0n) is 19.6. The highest BCUT2D eigenvalue weighted by atomic mass is 32.1. The molecule has 1 saturated heterocycles. The van der Waals surface area contributed by atoms with Gasteiger partial charge in [0.05, 0.1) is 7.11 Å². The van der Waals surface area contributed by atoms with Crippen LogP contribution < -0.4 is 9.64 Å². The molecule has 0 bridgehead atoms. The summed E-state index contributed by atoms with van der Waals surface area (Å²) in [5.74, 6) is 0.546. The second-order valence-corrected chi connectivity index (χ2v) is 9.24. The number of amides is 1. The molecule has 0 spiro atoms. The van der Waals surface area contributed by atoms with Crippen molar-refractivity contribution in [3.8, 4) is 17.0 Å². The zero-order valence-corrected chi connectivity index (χ0v) is 20.4. The molecule has 0 N–H and O–H groups in total. The fourth-order valence-corrected chi connectivity index (χ4v) is 5.06. The van der Waals surface area contributed by atoms with Crippen molar-refractivity contribution in [3.63, 3.8) is 0 Å². The summed E-state index contributed by atoms with van der Waals surface area (Å²) in [5.41, 5.74) is -0.126. The highest BCUT2D eigenvalue weighted by Crippen LogP contribution is 2.44. The number of rotatable bonds is 5. The first-order chi connectivity index (χ1) is 16.5. The van der Waals surface area contributed by atoms with Crippen molar-refractivity contribution in [2.75, 3.05) is 31.6 Å². The predicted octanol–water partition coefficient (Wildman–Crippen LogP) is 3.92. The second kappa shape index (κ2) is 9.44. The fraction of sp³-hybridized carbons (Fsp3) is 0.455. The van der Waals surface area contributed by atoms with Crippen LogP contribution in [0.2, 0.25) is 0 Å². The normalized spacial score (nSPS) is 16.6. The summed E-state index contributed by atoms with van der Waals surface area (Å²) in [6.45, 7) is 6.18. The standard InChI is InChI=1S/C22H24F4N6O2S/c1-12-10-30(7-8-31(12)18(33)11-32-14(3)27-13(2)29-32)20-19(28-21(35-20)22(24,25)26)16-6-5-15(34-4)9-17(16)23/h5-6,9,12H,7-8,10-11H2,1-4H3. The summed E-state index contributed by atoms with van der Waals surface area (Å²) in [6.07, 6.45) is -4.67. The van der Waals surface area contributed by atoms with E-state index in [4.69, 9.17) is 4.74 Å². The van der Waals surface area contributed by atoms with Crippen molar-refractivity contribution in [1.29, 1.82) is 0 Å². The van der Waals surface area contributed by atoms with Gasteiger partial charge in [-0.3, -0.25) is 4.79 Å². The van der Waals surface area contributed by atoms with Crippen LogP contribution in [0.25, 0.3) is 11.3 Å². The molecule has 1 atom stereocenters. The number of hydrogen-bond donors (Lipinski definition) is 0. The zero-order chi connectivity index (χ0) is 25.5. The summed E-state index contributed by atoms with van der Waals surface area (Å²) >= 11 is 0.472. The van der Waals surface area contributed by atoms with Gasteiger partial charge in [-0.25, -0.2) is 19.0 Å². The summed E-state index contributed by atoms with van der Waals surface area (Å²) < 4.78 is 61.9. The number of nitrogens with zero attached hydrogens (tertiary/aromatic N) is 6. The Balaban J connectivity index is 1.59. The molecule has 1 aliphatic rings. The number of aromatic nitrogens is 4. The molecule has 1 fully saturated rings. The summed E-state index contributed by atoms with van der Waals surface area (Å²) in [5, 5.41) is 3.37. The van der Waals surface area contributed by atoms with Gasteiger partial charge >= 0.3 is 6.18 Å². The van der Waals surface area contributed by atoms with Gasteiger partial charge in [-0.05, 0) is 32.9 Å². The number of hydrogen-bond acceptors (Lipinski definition) is 7. The van der Waals surface area contributed by atoms with E-state index in [2.05, 4.69) is 15.1 Å². The molecule has 0 radical (unpaired) electrons. The number of piperazine rings is 1. The maximum atomic E-state index is 14.8. The van der Waals surface area contributed by atoms with Crippen LogP contribution in [-0.4, -0.2) is 63.3 Å². The number of anilines is 1. The molecule has 4 rings (SSSR count). The first kappa shape index (κ1) is 24.9. The van der Waals surface area contributed by atoms with E-state index < -0.39 is 17.0 Å². The molecule has 3 aromatic rings. The van der Waals surface area contributed by atoms with E-state index in [1.54, 1.807) is 23.6 Å². The first-order valence-corrected chi connectivity index (χ1v) is 11.6. The average Bonchev–Trinajstić information content (AvgIpc) is 3.36.